The quantitative estimate of drug-likeness (QED) is 0.208. The van der Waals surface area contributed by atoms with Crippen molar-refractivity contribution < 1.29 is 23.5 Å². The number of carbonyl (C=O) groups is 2. The zero-order chi connectivity index (χ0) is 38.2. The van der Waals surface area contributed by atoms with Crippen LogP contribution in [-0.4, -0.2) is 108 Å². The van der Waals surface area contributed by atoms with Gasteiger partial charge in [-0.05, 0) is 55.0 Å². The number of piperazine rings is 1. The number of methoxy groups -OCH3 is 2. The average Bonchev–Trinajstić information content (AvgIpc) is 3.78. The van der Waals surface area contributed by atoms with Gasteiger partial charge in [-0.25, -0.2) is 14.4 Å². The van der Waals surface area contributed by atoms with Crippen molar-refractivity contribution in [2.45, 2.75) is 51.6 Å². The number of pyridine rings is 2. The summed E-state index contributed by atoms with van der Waals surface area (Å²) in [6.45, 7) is 9.88. The lowest BCUT2D eigenvalue weighted by atomic mass is 9.72. The van der Waals surface area contributed by atoms with Gasteiger partial charge in [0.1, 0.15) is 5.82 Å². The molecule has 2 aromatic carbocycles. The van der Waals surface area contributed by atoms with Crippen LogP contribution in [0.2, 0.25) is 5.02 Å². The van der Waals surface area contributed by atoms with E-state index in [-0.39, 0.29) is 29.3 Å². The van der Waals surface area contributed by atoms with Gasteiger partial charge in [0.2, 0.25) is 23.6 Å². The number of fused-ring (bicyclic) bond motifs is 2. The molecule has 9 rings (SSSR count). The van der Waals surface area contributed by atoms with Crippen LogP contribution in [0.3, 0.4) is 0 Å². The molecule has 5 heterocycles. The number of likely N-dealkylation sites (tertiary alicyclic amines) is 2. The Kier molecular flexibility index (Phi) is 9.09. The predicted octanol–water partition coefficient (Wildman–Crippen LogP) is 6.59. The largest absolute Gasteiger partial charge is 0.481 e. The summed E-state index contributed by atoms with van der Waals surface area (Å²) in [6.07, 6.45) is 3.64. The van der Waals surface area contributed by atoms with Crippen molar-refractivity contribution in [1.82, 2.24) is 29.6 Å². The smallest absolute Gasteiger partial charge is 0.219 e. The van der Waals surface area contributed by atoms with Gasteiger partial charge in [-0.2, -0.15) is 0 Å². The Morgan fingerprint density at radius 1 is 0.709 bits per heavy atom. The van der Waals surface area contributed by atoms with E-state index < -0.39 is 5.82 Å². The number of carbonyl (C=O) groups excluding carboxylic acids is 2. The molecule has 1 spiro atoms. The first kappa shape index (κ1) is 36.1. The maximum absolute atomic E-state index is 16.8. The van der Waals surface area contributed by atoms with Crippen molar-refractivity contribution >= 4 is 23.4 Å². The van der Waals surface area contributed by atoms with E-state index in [1.54, 1.807) is 40.2 Å². The van der Waals surface area contributed by atoms with E-state index in [0.717, 1.165) is 81.6 Å². The number of hydrogen-bond donors (Lipinski definition) is 0. The van der Waals surface area contributed by atoms with Gasteiger partial charge in [0.05, 0.1) is 30.6 Å². The number of halogens is 2. The number of ether oxygens (including phenoxy) is 2. The van der Waals surface area contributed by atoms with Crippen LogP contribution in [0, 0.1) is 11.2 Å². The molecule has 55 heavy (non-hydrogen) atoms. The first-order valence-electron chi connectivity index (χ1n) is 19.3. The minimum absolute atomic E-state index is 0.108. The van der Waals surface area contributed by atoms with Crippen LogP contribution >= 0.6 is 11.6 Å². The van der Waals surface area contributed by atoms with Crippen LogP contribution < -0.4 is 9.47 Å². The van der Waals surface area contributed by atoms with Crippen LogP contribution in [0.4, 0.5) is 4.39 Å². The Morgan fingerprint density at radius 3 is 1.78 bits per heavy atom. The van der Waals surface area contributed by atoms with E-state index in [1.165, 1.54) is 5.56 Å². The van der Waals surface area contributed by atoms with E-state index in [0.29, 0.717) is 63.5 Å². The molecule has 4 aromatic rings. The predicted molar refractivity (Wildman–Crippen MR) is 209 cm³/mol. The Labute approximate surface area is 326 Å². The molecule has 286 valence electrons. The highest BCUT2D eigenvalue weighted by molar-refractivity contribution is 6.36. The summed E-state index contributed by atoms with van der Waals surface area (Å²) in [5.41, 5.74) is 7.97. The van der Waals surface area contributed by atoms with Gasteiger partial charge in [0.25, 0.3) is 0 Å². The van der Waals surface area contributed by atoms with Crippen molar-refractivity contribution in [2.75, 3.05) is 66.6 Å². The molecule has 2 aromatic heterocycles. The van der Waals surface area contributed by atoms with Gasteiger partial charge < -0.3 is 19.3 Å². The Morgan fingerprint density at radius 2 is 1.22 bits per heavy atom. The molecule has 3 aliphatic heterocycles. The molecule has 2 amide bonds. The number of rotatable bonds is 7. The highest BCUT2D eigenvalue weighted by Crippen LogP contribution is 2.50. The molecule has 0 N–H and O–H groups in total. The van der Waals surface area contributed by atoms with Gasteiger partial charge in [0.15, 0.2) is 0 Å². The van der Waals surface area contributed by atoms with Gasteiger partial charge in [0, 0.05) is 117 Å². The lowest BCUT2D eigenvalue weighted by Crippen LogP contribution is -2.72. The molecular formula is C43H46ClFN6O4. The third kappa shape index (κ3) is 6.06. The van der Waals surface area contributed by atoms with Crippen LogP contribution in [0.5, 0.6) is 11.8 Å². The van der Waals surface area contributed by atoms with Crippen LogP contribution in [0.25, 0.3) is 33.6 Å². The number of aromatic nitrogens is 2. The minimum atomic E-state index is -0.404. The fourth-order valence-electron chi connectivity index (χ4n) is 9.93. The van der Waals surface area contributed by atoms with Crippen molar-refractivity contribution in [2.24, 2.45) is 5.41 Å². The summed E-state index contributed by atoms with van der Waals surface area (Å²) >= 11 is 7.19. The minimum Gasteiger partial charge on any atom is -0.481 e. The van der Waals surface area contributed by atoms with Crippen molar-refractivity contribution in [3.8, 4) is 45.4 Å². The third-order valence-corrected chi connectivity index (χ3v) is 13.1. The molecule has 3 fully saturated rings. The fourth-order valence-corrected chi connectivity index (χ4v) is 10.3. The summed E-state index contributed by atoms with van der Waals surface area (Å²) < 4.78 is 28.6. The summed E-state index contributed by atoms with van der Waals surface area (Å²) in [6, 6.07) is 15.5. The van der Waals surface area contributed by atoms with E-state index in [4.69, 9.17) is 31.0 Å². The molecule has 0 radical (unpaired) electrons. The molecule has 12 heteroatoms. The lowest BCUT2D eigenvalue weighted by Gasteiger charge is -2.61. The van der Waals surface area contributed by atoms with Gasteiger partial charge in [-0.1, -0.05) is 41.9 Å². The molecule has 3 saturated heterocycles. The topological polar surface area (TPSA) is 91.3 Å². The van der Waals surface area contributed by atoms with Crippen molar-refractivity contribution in [1.29, 1.82) is 0 Å². The SMILES string of the molecule is COc1nc(-c2cccc(-c3cccc(-c4cc5c(c(OC)n4)[C@H](N4CC6(CN(C(C)=O)C6)C4)CC5)c3Cl)c2F)cc2c1[C@H](N1CCN(C(C)=O)CC1)CC2. The normalized spacial score (nSPS) is 21.6. The monoisotopic (exact) mass is 764 g/mol. The summed E-state index contributed by atoms with van der Waals surface area (Å²) in [5.74, 6) is 0.969. The third-order valence-electron chi connectivity index (χ3n) is 12.7. The number of hydrogen-bond acceptors (Lipinski definition) is 8. The van der Waals surface area contributed by atoms with Crippen molar-refractivity contribution in [3.05, 3.63) is 81.6 Å². The van der Waals surface area contributed by atoms with Gasteiger partial charge in [-0.3, -0.25) is 19.4 Å². The van der Waals surface area contributed by atoms with E-state index in [2.05, 4.69) is 15.9 Å². The Balaban J connectivity index is 0.988. The average molecular weight is 765 g/mol. The molecular weight excluding hydrogens is 719 g/mol. The summed E-state index contributed by atoms with van der Waals surface area (Å²) in [5, 5.41) is 0.416. The van der Waals surface area contributed by atoms with Gasteiger partial charge in [-0.15, -0.1) is 0 Å². The maximum Gasteiger partial charge on any atom is 0.219 e. The van der Waals surface area contributed by atoms with E-state index in [9.17, 15) is 9.59 Å². The molecule has 10 nitrogen and oxygen atoms in total. The van der Waals surface area contributed by atoms with Gasteiger partial charge >= 0.3 is 0 Å². The molecule has 2 aliphatic carbocycles. The summed E-state index contributed by atoms with van der Waals surface area (Å²) in [4.78, 5) is 42.3. The first-order chi connectivity index (χ1) is 26.6. The second kappa shape index (κ2) is 13.9. The molecule has 0 bridgehead atoms. The standard InChI is InChI=1S/C43H46ClFN6O4/c1-25(52)48-15-17-49(18-16-48)35-13-11-28-20-34(47-41(54-3)37(28)35)32-10-6-8-30(40(32)45)29-7-5-9-31(39(29)44)33-19-27-12-14-36(38(27)42(46-33)55-4)51-23-43(24-51)21-50(22-43)26(2)53/h5-10,19-20,35-36H,11-18,21-24H2,1-4H3/t35-,36-/m1/s1. The second-order valence-electron chi connectivity index (χ2n) is 15.9. The zero-order valence-electron chi connectivity index (χ0n) is 31.8. The van der Waals surface area contributed by atoms with Crippen LogP contribution in [-0.2, 0) is 22.4 Å². The maximum atomic E-state index is 16.8. The highest BCUT2D eigenvalue weighted by atomic mass is 35.5. The van der Waals surface area contributed by atoms with Crippen LogP contribution in [0.15, 0.2) is 48.5 Å². The van der Waals surface area contributed by atoms with E-state index >= 15 is 4.39 Å². The lowest BCUT2D eigenvalue weighted by molar-refractivity contribution is -0.161. The zero-order valence-corrected chi connectivity index (χ0v) is 32.6. The number of aryl methyl sites for hydroxylation is 2. The first-order valence-corrected chi connectivity index (χ1v) is 19.7. The second-order valence-corrected chi connectivity index (χ2v) is 16.3. The number of nitrogens with zero attached hydrogens (tertiary/aromatic N) is 6. The number of benzene rings is 2. The van der Waals surface area contributed by atoms with Crippen LogP contribution in [0.1, 0.15) is 61.0 Å². The highest BCUT2D eigenvalue weighted by Gasteiger charge is 2.55. The number of amides is 2. The fraction of sp³-hybridized carbons (Fsp3) is 0.442. The van der Waals surface area contributed by atoms with E-state index in [1.807, 2.05) is 40.1 Å². The molecule has 5 aliphatic rings. The molecule has 2 atom stereocenters. The molecule has 0 saturated carbocycles. The van der Waals surface area contributed by atoms with Crippen molar-refractivity contribution in [3.63, 3.8) is 0 Å². The Hall–Kier alpha value is -4.58. The Bertz CT molecular complexity index is 2210. The summed E-state index contributed by atoms with van der Waals surface area (Å²) in [7, 11) is 3.28. The molecule has 0 unspecified atom stereocenters.